The van der Waals surface area contributed by atoms with Crippen LogP contribution in [0.5, 0.6) is 0 Å². The summed E-state index contributed by atoms with van der Waals surface area (Å²) in [7, 11) is 0. The molecule has 2 rings (SSSR count). The first-order valence-electron chi connectivity index (χ1n) is 4.28. The van der Waals surface area contributed by atoms with Crippen LogP contribution in [0, 0.1) is 5.82 Å². The van der Waals surface area contributed by atoms with Gasteiger partial charge < -0.3 is 0 Å². The average Bonchev–Trinajstić information content (AvgIpc) is 2.35. The van der Waals surface area contributed by atoms with Gasteiger partial charge in [-0.05, 0) is 12.1 Å². The number of hydrogen-bond donors (Lipinski definition) is 0. The highest BCUT2D eigenvalue weighted by molar-refractivity contribution is 7.98. The molecule has 0 N–H and O–H groups in total. The van der Waals surface area contributed by atoms with Crippen molar-refractivity contribution in [2.24, 2.45) is 0 Å². The lowest BCUT2D eigenvalue weighted by Crippen LogP contribution is -2.03. The Labute approximate surface area is 90.6 Å². The third kappa shape index (κ3) is 1.66. The van der Waals surface area contributed by atoms with Crippen LogP contribution < -0.4 is 0 Å². The Hall–Kier alpha value is -0.540. The molecular weight excluding hydrogens is 223 g/mol. The molecule has 0 unspecified atom stereocenters. The molecule has 4 heteroatoms. The van der Waals surface area contributed by atoms with Crippen LogP contribution in [0.4, 0.5) is 4.39 Å². The largest absolute Gasteiger partial charge is 0.294 e. The van der Waals surface area contributed by atoms with Crippen molar-refractivity contribution in [1.82, 2.24) is 0 Å². The molecule has 14 heavy (non-hydrogen) atoms. The highest BCUT2D eigenvalue weighted by atomic mass is 35.5. The van der Waals surface area contributed by atoms with Gasteiger partial charge in [-0.2, -0.15) is 11.8 Å². The number of thioether (sulfide) groups is 1. The Morgan fingerprint density at radius 3 is 3.00 bits per heavy atom. The van der Waals surface area contributed by atoms with E-state index in [4.69, 9.17) is 11.6 Å². The van der Waals surface area contributed by atoms with Crippen LogP contribution in [0.1, 0.15) is 22.3 Å². The van der Waals surface area contributed by atoms with Gasteiger partial charge >= 0.3 is 0 Å². The lowest BCUT2D eigenvalue weighted by molar-refractivity contribution is 0.0989. The van der Waals surface area contributed by atoms with E-state index in [1.807, 2.05) is 0 Å². The first-order chi connectivity index (χ1) is 6.70. The molecule has 0 amide bonds. The molecular formula is C10H8ClFOS. The van der Waals surface area contributed by atoms with Gasteiger partial charge in [-0.25, -0.2) is 4.39 Å². The number of benzene rings is 1. The van der Waals surface area contributed by atoms with Crippen molar-refractivity contribution in [3.8, 4) is 0 Å². The molecule has 1 nitrogen and oxygen atoms in total. The molecule has 74 valence electrons. The minimum Gasteiger partial charge on any atom is -0.294 e. The quantitative estimate of drug-likeness (QED) is 0.680. The zero-order valence-corrected chi connectivity index (χ0v) is 8.92. The van der Waals surface area contributed by atoms with Gasteiger partial charge in [-0.3, -0.25) is 4.79 Å². The van der Waals surface area contributed by atoms with Gasteiger partial charge in [0.2, 0.25) is 0 Å². The molecule has 1 aromatic rings. The van der Waals surface area contributed by atoms with E-state index in [2.05, 4.69) is 0 Å². The fourth-order valence-electron chi connectivity index (χ4n) is 1.47. The maximum absolute atomic E-state index is 13.5. The second kappa shape index (κ2) is 3.91. The highest BCUT2D eigenvalue weighted by Gasteiger charge is 2.20. The number of rotatable bonds is 0. The normalized spacial score (nSPS) is 16.3. The summed E-state index contributed by atoms with van der Waals surface area (Å²) in [6.07, 6.45) is 0.485. The maximum atomic E-state index is 13.5. The smallest absolute Gasteiger partial charge is 0.164 e. The number of halogens is 2. The monoisotopic (exact) mass is 230 g/mol. The number of carbonyl (C=O) groups excluding carboxylic acids is 1. The number of carbonyl (C=O) groups is 1. The SMILES string of the molecule is O=C1CCSCc2c1ccc(Cl)c2F. The molecule has 0 atom stereocenters. The summed E-state index contributed by atoms with van der Waals surface area (Å²) in [5.74, 6) is 0.866. The van der Waals surface area contributed by atoms with Gasteiger partial charge in [-0.1, -0.05) is 11.6 Å². The van der Waals surface area contributed by atoms with Crippen LogP contribution in [0.25, 0.3) is 0 Å². The number of hydrogen-bond acceptors (Lipinski definition) is 2. The van der Waals surface area contributed by atoms with E-state index >= 15 is 0 Å². The molecule has 0 spiro atoms. The van der Waals surface area contributed by atoms with Crippen LogP contribution in [0.2, 0.25) is 5.02 Å². The maximum Gasteiger partial charge on any atom is 0.164 e. The van der Waals surface area contributed by atoms with Crippen LogP contribution in [-0.4, -0.2) is 11.5 Å². The Bertz CT molecular complexity index is 392. The average molecular weight is 231 g/mol. The topological polar surface area (TPSA) is 17.1 Å². The summed E-state index contributed by atoms with van der Waals surface area (Å²) >= 11 is 7.22. The van der Waals surface area contributed by atoms with Crippen LogP contribution in [0.15, 0.2) is 12.1 Å². The Balaban J connectivity index is 2.58. The summed E-state index contributed by atoms with van der Waals surface area (Å²) < 4.78 is 13.5. The highest BCUT2D eigenvalue weighted by Crippen LogP contribution is 2.29. The minimum absolute atomic E-state index is 0.0144. The molecule has 0 bridgehead atoms. The Morgan fingerprint density at radius 1 is 1.43 bits per heavy atom. The summed E-state index contributed by atoms with van der Waals surface area (Å²) in [4.78, 5) is 11.5. The van der Waals surface area contributed by atoms with E-state index in [0.717, 1.165) is 5.75 Å². The van der Waals surface area contributed by atoms with Crippen molar-refractivity contribution in [2.45, 2.75) is 12.2 Å². The van der Waals surface area contributed by atoms with Crippen molar-refractivity contribution < 1.29 is 9.18 Å². The van der Waals surface area contributed by atoms with E-state index in [0.29, 0.717) is 23.3 Å². The molecule has 1 heterocycles. The van der Waals surface area contributed by atoms with Crippen LogP contribution >= 0.6 is 23.4 Å². The third-order valence-corrected chi connectivity index (χ3v) is 3.49. The third-order valence-electron chi connectivity index (χ3n) is 2.22. The fraction of sp³-hybridized carbons (Fsp3) is 0.300. The molecule has 0 radical (unpaired) electrons. The van der Waals surface area contributed by atoms with Crippen LogP contribution in [0.3, 0.4) is 0 Å². The molecule has 0 saturated carbocycles. The van der Waals surface area contributed by atoms with Crippen LogP contribution in [-0.2, 0) is 5.75 Å². The molecule has 1 aliphatic heterocycles. The molecule has 0 aliphatic carbocycles. The van der Waals surface area contributed by atoms with Crippen molar-refractivity contribution in [1.29, 1.82) is 0 Å². The second-order valence-electron chi connectivity index (χ2n) is 3.11. The number of fused-ring (bicyclic) bond motifs is 1. The summed E-state index contributed by atoms with van der Waals surface area (Å²) in [6, 6.07) is 3.07. The fourth-order valence-corrected chi connectivity index (χ4v) is 2.61. The zero-order valence-electron chi connectivity index (χ0n) is 7.35. The van der Waals surface area contributed by atoms with Gasteiger partial charge in [0.15, 0.2) is 5.78 Å². The number of Topliss-reactive ketones (excluding diaryl/α,β-unsaturated/α-hetero) is 1. The van der Waals surface area contributed by atoms with E-state index in [1.165, 1.54) is 6.07 Å². The zero-order chi connectivity index (χ0) is 10.1. The van der Waals surface area contributed by atoms with Gasteiger partial charge in [0, 0.05) is 29.1 Å². The van der Waals surface area contributed by atoms with Gasteiger partial charge in [0.05, 0.1) is 5.02 Å². The summed E-state index contributed by atoms with van der Waals surface area (Å²) in [6.45, 7) is 0. The van der Waals surface area contributed by atoms with E-state index in [-0.39, 0.29) is 10.8 Å². The van der Waals surface area contributed by atoms with E-state index in [1.54, 1.807) is 17.8 Å². The van der Waals surface area contributed by atoms with Crippen molar-refractivity contribution in [3.63, 3.8) is 0 Å². The van der Waals surface area contributed by atoms with Gasteiger partial charge in [0.1, 0.15) is 5.82 Å². The lowest BCUT2D eigenvalue weighted by atomic mass is 10.0. The molecule has 0 aromatic heterocycles. The predicted octanol–water partition coefficient (Wildman–Crippen LogP) is 3.30. The van der Waals surface area contributed by atoms with E-state index in [9.17, 15) is 9.18 Å². The summed E-state index contributed by atoms with van der Waals surface area (Å²) in [5, 5.41) is 0.0963. The second-order valence-corrected chi connectivity index (χ2v) is 4.63. The lowest BCUT2D eigenvalue weighted by Gasteiger charge is -2.06. The molecule has 0 saturated heterocycles. The number of ketones is 1. The Morgan fingerprint density at radius 2 is 2.21 bits per heavy atom. The minimum atomic E-state index is -0.438. The van der Waals surface area contributed by atoms with Gasteiger partial charge in [0.25, 0.3) is 0 Å². The first-order valence-corrected chi connectivity index (χ1v) is 5.81. The molecule has 1 aliphatic rings. The predicted molar refractivity (Wildman–Crippen MR) is 56.5 cm³/mol. The van der Waals surface area contributed by atoms with Crippen molar-refractivity contribution in [3.05, 3.63) is 34.1 Å². The van der Waals surface area contributed by atoms with Crippen molar-refractivity contribution in [2.75, 3.05) is 5.75 Å². The first kappa shape index (κ1) is 9.99. The van der Waals surface area contributed by atoms with E-state index < -0.39 is 5.82 Å². The summed E-state index contributed by atoms with van der Waals surface area (Å²) in [5.41, 5.74) is 0.960. The Kier molecular flexibility index (Phi) is 2.79. The van der Waals surface area contributed by atoms with Crippen molar-refractivity contribution >= 4 is 29.1 Å². The molecule has 1 aromatic carbocycles. The molecule has 0 fully saturated rings. The standard InChI is InChI=1S/C10H8ClFOS/c11-8-2-1-6-7(10(8)12)5-14-4-3-9(6)13/h1-2H,3-5H2. The van der Waals surface area contributed by atoms with Gasteiger partial charge in [-0.15, -0.1) is 0 Å².